The number of hydrogen-bond donors (Lipinski definition) is 0. The molecule has 0 radical (unpaired) electrons. The normalized spacial score (nSPS) is 27.8. The summed E-state index contributed by atoms with van der Waals surface area (Å²) >= 11 is 0. The number of rotatable bonds is 17. The number of esters is 7. The second-order valence-electron chi connectivity index (χ2n) is 30.9. The molecule has 0 amide bonds. The first-order valence-corrected chi connectivity index (χ1v) is 35.3. The van der Waals surface area contributed by atoms with Gasteiger partial charge in [-0.3, -0.25) is 4.79 Å². The molecule has 0 spiro atoms. The van der Waals surface area contributed by atoms with Crippen molar-refractivity contribution in [2.24, 2.45) is 41.4 Å². The topological polar surface area (TPSA) is 220 Å². The van der Waals surface area contributed by atoms with Crippen molar-refractivity contribution < 1.29 is 94.2 Å². The summed E-state index contributed by atoms with van der Waals surface area (Å²) in [5.41, 5.74) is -2.18. The molecule has 10 fully saturated rings. The van der Waals surface area contributed by atoms with Gasteiger partial charge in [0.1, 0.15) is 46.3 Å². The molecule has 1 aliphatic heterocycles. The molecule has 0 aromatic carbocycles. The summed E-state index contributed by atoms with van der Waals surface area (Å²) in [5.74, 6) is 1.46. The minimum atomic E-state index is -4.87. The number of carbonyl (C=O) groups is 8. The van der Waals surface area contributed by atoms with Crippen LogP contribution in [-0.4, -0.2) is 106 Å². The summed E-state index contributed by atoms with van der Waals surface area (Å²) in [5, 5.41) is 0. The highest BCUT2D eigenvalue weighted by Gasteiger charge is 2.63. The highest BCUT2D eigenvalue weighted by atomic mass is 19.4. The maximum Gasteiger partial charge on any atom is 0.509 e. The van der Waals surface area contributed by atoms with E-state index in [9.17, 15) is 51.5 Å². The van der Waals surface area contributed by atoms with Crippen molar-refractivity contribution in [1.82, 2.24) is 0 Å². The van der Waals surface area contributed by atoms with E-state index in [4.69, 9.17) is 37.9 Å². The summed E-state index contributed by atoms with van der Waals surface area (Å²) in [7, 11) is 0. The summed E-state index contributed by atoms with van der Waals surface area (Å²) in [6.45, 7) is 46.0. The van der Waals surface area contributed by atoms with Crippen LogP contribution in [0.15, 0.2) is 72.9 Å². The lowest BCUT2D eigenvalue weighted by Gasteiger charge is -2.59. The van der Waals surface area contributed by atoms with Crippen molar-refractivity contribution in [3.05, 3.63) is 72.9 Å². The largest absolute Gasteiger partial charge is 0.509 e. The monoisotopic (exact) mass is 1370 g/mol. The molecule has 7 atom stereocenters. The van der Waals surface area contributed by atoms with E-state index >= 15 is 0 Å². The van der Waals surface area contributed by atoms with Crippen molar-refractivity contribution in [3.8, 4) is 0 Å². The quantitative estimate of drug-likeness (QED) is 0.0750. The van der Waals surface area contributed by atoms with Gasteiger partial charge in [-0.05, 0) is 249 Å². The van der Waals surface area contributed by atoms with E-state index in [1.807, 2.05) is 6.92 Å². The molecule has 20 heteroatoms. The minimum absolute atomic E-state index is 0.0543. The van der Waals surface area contributed by atoms with Crippen molar-refractivity contribution in [2.75, 3.05) is 0 Å². The third-order valence-electron chi connectivity index (χ3n) is 20.8. The molecule has 1 heterocycles. The first kappa shape index (κ1) is 83.2. The molecule has 0 aromatic heterocycles. The van der Waals surface area contributed by atoms with Gasteiger partial charge in [0.15, 0.2) is 0 Å². The number of ether oxygens (including phenoxy) is 9. The Kier molecular flexibility index (Phi) is 30.2. The van der Waals surface area contributed by atoms with Crippen molar-refractivity contribution in [1.29, 1.82) is 0 Å². The zero-order valence-corrected chi connectivity index (χ0v) is 61.3. The Labute approximate surface area is 576 Å². The summed E-state index contributed by atoms with van der Waals surface area (Å²) in [6, 6.07) is 0. The smallest absolute Gasteiger partial charge is 0.459 e. The minimum Gasteiger partial charge on any atom is -0.459 e. The van der Waals surface area contributed by atoms with E-state index in [0.717, 1.165) is 76.0 Å². The van der Waals surface area contributed by atoms with Crippen LogP contribution < -0.4 is 0 Å². The van der Waals surface area contributed by atoms with Crippen LogP contribution >= 0.6 is 0 Å². The Morgan fingerprint density at radius 1 is 0.526 bits per heavy atom. The maximum atomic E-state index is 13.3. The Morgan fingerprint density at radius 2 is 0.918 bits per heavy atom. The molecule has 17 nitrogen and oxygen atoms in total. The molecule has 9 saturated carbocycles. The lowest BCUT2D eigenvalue weighted by atomic mass is 9.50. The van der Waals surface area contributed by atoms with Crippen LogP contribution in [0.2, 0.25) is 0 Å². The van der Waals surface area contributed by atoms with Gasteiger partial charge in [0, 0.05) is 51.7 Å². The Balaban J connectivity index is 0.000000250. The predicted molar refractivity (Wildman–Crippen MR) is 364 cm³/mol. The van der Waals surface area contributed by atoms with E-state index in [-0.39, 0.29) is 87.8 Å². The van der Waals surface area contributed by atoms with Crippen LogP contribution in [0.25, 0.3) is 0 Å². The Morgan fingerprint density at radius 3 is 1.32 bits per heavy atom. The first-order chi connectivity index (χ1) is 44.9. The average molecular weight is 1370 g/mol. The van der Waals surface area contributed by atoms with Gasteiger partial charge in [-0.2, -0.15) is 13.2 Å². The number of alkyl halides is 3. The molecule has 0 aromatic rings. The number of halogens is 3. The molecule has 6 bridgehead atoms. The van der Waals surface area contributed by atoms with Gasteiger partial charge in [-0.15, -0.1) is 0 Å². The van der Waals surface area contributed by atoms with Crippen LogP contribution in [0.3, 0.4) is 0 Å². The number of fused-ring (bicyclic) bond motifs is 1. The lowest BCUT2D eigenvalue weighted by molar-refractivity contribution is -0.266. The third-order valence-corrected chi connectivity index (χ3v) is 20.8. The zero-order valence-electron chi connectivity index (χ0n) is 61.3. The number of carbonyl (C=O) groups excluding carboxylic acids is 8. The van der Waals surface area contributed by atoms with E-state index in [1.165, 1.54) is 125 Å². The maximum absolute atomic E-state index is 13.3. The molecular formula is C77H117F3O17. The Hall–Kier alpha value is -6.21. The molecular weight excluding hydrogens is 1250 g/mol. The molecule has 10 aliphatic rings. The van der Waals surface area contributed by atoms with Gasteiger partial charge in [-0.25, -0.2) is 33.6 Å². The van der Waals surface area contributed by atoms with Gasteiger partial charge in [-0.1, -0.05) is 72.6 Å². The fourth-order valence-corrected chi connectivity index (χ4v) is 15.1. The molecule has 0 N–H and O–H groups in total. The fourth-order valence-electron chi connectivity index (χ4n) is 15.1. The van der Waals surface area contributed by atoms with E-state index in [1.54, 1.807) is 34.6 Å². The molecule has 97 heavy (non-hydrogen) atoms. The second kappa shape index (κ2) is 35.2. The molecule has 9 aliphatic carbocycles. The van der Waals surface area contributed by atoms with Crippen LogP contribution in [0.5, 0.6) is 0 Å². The van der Waals surface area contributed by atoms with Crippen molar-refractivity contribution >= 4 is 47.9 Å². The third kappa shape index (κ3) is 24.0. The van der Waals surface area contributed by atoms with Crippen LogP contribution in [0, 0.1) is 41.4 Å². The van der Waals surface area contributed by atoms with Gasteiger partial charge in [0.25, 0.3) is 0 Å². The van der Waals surface area contributed by atoms with E-state index in [0.29, 0.717) is 52.5 Å². The number of hydrogen-bond acceptors (Lipinski definition) is 17. The van der Waals surface area contributed by atoms with Gasteiger partial charge in [0.2, 0.25) is 5.60 Å². The van der Waals surface area contributed by atoms with E-state index in [2.05, 4.69) is 65.0 Å². The van der Waals surface area contributed by atoms with Crippen LogP contribution in [0.1, 0.15) is 264 Å². The molecule has 548 valence electrons. The predicted octanol–water partition coefficient (Wildman–Crippen LogP) is 17.8. The summed E-state index contributed by atoms with van der Waals surface area (Å²) < 4.78 is 86.8. The van der Waals surface area contributed by atoms with Gasteiger partial charge >= 0.3 is 54.1 Å². The van der Waals surface area contributed by atoms with E-state index < -0.39 is 42.0 Å². The summed E-state index contributed by atoms with van der Waals surface area (Å²) in [4.78, 5) is 91.9. The zero-order chi connectivity index (χ0) is 73.4. The lowest BCUT2D eigenvalue weighted by Crippen LogP contribution is -2.58. The molecule has 1 saturated heterocycles. The second-order valence-corrected chi connectivity index (χ2v) is 30.9. The average Bonchev–Trinajstić information content (AvgIpc) is 1.45. The van der Waals surface area contributed by atoms with Gasteiger partial charge < -0.3 is 42.6 Å². The highest BCUT2D eigenvalue weighted by molar-refractivity contribution is 5.89. The standard InChI is InChI=1S/C15H23F3O5.C15H22O2.C14H24O2.C12H14O4.C11H18O2.C10H16O2/c1-9(2)11(19)21-10(3)8-14(7,15(16,17)18)23-12(20)22-13(4,5)6;1-9(2)14(16)17-15(3)12-5-10-4-11(7-12)8-13(15)6-10;1-4-14(16-13(15)12(2)3)10-8-6-5-7-9-11-14;1-5(2)11(13)15-9-6-3-7-8(4-6)12(14)16-10(7)9;1-4-11(7-5-6-8-11)13-10(12)9(2)3;1-8(2)9(11)12-10(3)6-4-5-7-10/h10H,1,8H2,2-7H3;10-13H,1,4-8H2,2-3H3;2,4-11H2,1,3H3;6-10H,1,3-4H2,2H3;2,4-8H2,1,3H3;1,4-7H2,2-3H3. The van der Waals surface area contributed by atoms with Gasteiger partial charge in [0.05, 0.1) is 5.92 Å². The fraction of sp³-hybridized carbons (Fsp3) is 0.740. The highest BCUT2D eigenvalue weighted by Crippen LogP contribution is 2.60. The summed E-state index contributed by atoms with van der Waals surface area (Å²) in [6.07, 6.45) is 18.4. The Bertz CT molecular complexity index is 2830. The van der Waals surface area contributed by atoms with Crippen molar-refractivity contribution in [3.63, 3.8) is 0 Å². The molecule has 7 unspecified atom stereocenters. The van der Waals surface area contributed by atoms with Crippen molar-refractivity contribution in [2.45, 2.75) is 322 Å². The van der Waals surface area contributed by atoms with Crippen LogP contribution in [-0.2, 0) is 76.2 Å². The first-order valence-electron chi connectivity index (χ1n) is 35.3. The van der Waals surface area contributed by atoms with Crippen LogP contribution in [0.4, 0.5) is 18.0 Å². The SMILES string of the molecule is C=C(C)C(=O)OC(C)CC(C)(OC(=O)OC(C)(C)C)C(F)(F)F.C=C(C)C(=O)OC1(C)C2CC3CC(C2)CC1C3.C=C(C)C(=O)OC1(C)CCCC1.C=C(C)C(=O)OC1(CC)CCCC1.C=C(C)C(=O)OC1(CC)CCCCCCC1.C=C(C)C(=O)OC1C2CC3C(=O)OC1C3C2. The molecule has 10 rings (SSSR count).